The molecular formula is C13H20. The molecule has 0 heteroatoms. The van der Waals surface area contributed by atoms with Crippen LogP contribution in [0.15, 0.2) is 30.5 Å². The fourth-order valence-electron chi connectivity index (χ4n) is 1.96. The van der Waals surface area contributed by atoms with Gasteiger partial charge in [-0.3, -0.25) is 0 Å². The maximum absolute atomic E-state index is 3.95. The number of hydrogen-bond donors (Lipinski definition) is 0. The Balaban J connectivity index is 2.67. The van der Waals surface area contributed by atoms with Crippen molar-refractivity contribution in [3.8, 4) is 0 Å². The molecule has 0 aromatic rings. The van der Waals surface area contributed by atoms with Crippen LogP contribution in [0, 0.1) is 5.41 Å². The lowest BCUT2D eigenvalue weighted by atomic mass is 9.74. The Morgan fingerprint density at radius 3 is 2.54 bits per heavy atom. The minimum absolute atomic E-state index is 0.268. The van der Waals surface area contributed by atoms with Crippen LogP contribution in [-0.2, 0) is 0 Å². The van der Waals surface area contributed by atoms with Crippen LogP contribution < -0.4 is 0 Å². The molecule has 0 amide bonds. The smallest absolute Gasteiger partial charge is 0.0134 e. The third kappa shape index (κ3) is 2.90. The van der Waals surface area contributed by atoms with E-state index in [1.54, 1.807) is 0 Å². The highest BCUT2D eigenvalue weighted by molar-refractivity contribution is 5.10. The summed E-state index contributed by atoms with van der Waals surface area (Å²) in [6.45, 7) is 6.09. The van der Waals surface area contributed by atoms with Crippen molar-refractivity contribution in [2.24, 2.45) is 5.41 Å². The molecule has 72 valence electrons. The van der Waals surface area contributed by atoms with Crippen LogP contribution in [0.2, 0.25) is 0 Å². The van der Waals surface area contributed by atoms with E-state index in [1.807, 2.05) is 0 Å². The predicted molar refractivity (Wildman–Crippen MR) is 58.7 cm³/mol. The number of allylic oxidation sites excluding steroid dienone is 2. The standard InChI is InChI=1S/C13H20/c1-3-5-7-10-13(4-2)11-8-6-9-12-13/h4-5,10H,2-3,6,8-9,11-12H2,1H3. The fraction of sp³-hybridized carbons (Fsp3) is 0.615. The summed E-state index contributed by atoms with van der Waals surface area (Å²) < 4.78 is 0. The first-order valence-electron chi connectivity index (χ1n) is 5.39. The molecule has 0 radical (unpaired) electrons. The van der Waals surface area contributed by atoms with Gasteiger partial charge in [0.2, 0.25) is 0 Å². The summed E-state index contributed by atoms with van der Waals surface area (Å²) in [6.07, 6.45) is 14.1. The second-order valence-corrected chi connectivity index (χ2v) is 3.92. The van der Waals surface area contributed by atoms with Crippen molar-refractivity contribution >= 4 is 0 Å². The van der Waals surface area contributed by atoms with Gasteiger partial charge in [-0.15, -0.1) is 12.3 Å². The largest absolute Gasteiger partial charge is 0.129 e. The molecule has 0 aromatic heterocycles. The lowest BCUT2D eigenvalue weighted by molar-refractivity contribution is 0.327. The molecule has 1 aliphatic rings. The van der Waals surface area contributed by atoms with Crippen molar-refractivity contribution in [2.45, 2.75) is 45.4 Å². The summed E-state index contributed by atoms with van der Waals surface area (Å²) in [7, 11) is 0. The Hall–Kier alpha value is -0.740. The summed E-state index contributed by atoms with van der Waals surface area (Å²) >= 11 is 0. The molecule has 0 N–H and O–H groups in total. The highest BCUT2D eigenvalue weighted by atomic mass is 14.3. The van der Waals surface area contributed by atoms with Crippen LogP contribution in [0.4, 0.5) is 0 Å². The second kappa shape index (κ2) is 5.09. The zero-order valence-corrected chi connectivity index (χ0v) is 8.68. The van der Waals surface area contributed by atoms with Crippen molar-refractivity contribution in [2.75, 3.05) is 0 Å². The predicted octanol–water partition coefficient (Wildman–Crippen LogP) is 4.24. The molecule has 0 spiro atoms. The van der Waals surface area contributed by atoms with Gasteiger partial charge in [-0.05, 0) is 31.4 Å². The van der Waals surface area contributed by atoms with E-state index in [0.717, 1.165) is 6.42 Å². The summed E-state index contributed by atoms with van der Waals surface area (Å²) in [5.41, 5.74) is 3.54. The minimum Gasteiger partial charge on any atom is -0.129 e. The van der Waals surface area contributed by atoms with Gasteiger partial charge in [0.05, 0.1) is 0 Å². The van der Waals surface area contributed by atoms with Crippen molar-refractivity contribution in [3.05, 3.63) is 30.5 Å². The molecule has 1 aliphatic carbocycles. The van der Waals surface area contributed by atoms with Gasteiger partial charge in [0.15, 0.2) is 0 Å². The lowest BCUT2D eigenvalue weighted by Crippen LogP contribution is -2.17. The van der Waals surface area contributed by atoms with Crippen molar-refractivity contribution in [1.82, 2.24) is 0 Å². The SMILES string of the molecule is C=CC1(C=C=CCC)CCCCC1. The van der Waals surface area contributed by atoms with E-state index in [1.165, 1.54) is 32.1 Å². The molecule has 0 aromatic carbocycles. The number of rotatable bonds is 3. The quantitative estimate of drug-likeness (QED) is 0.445. The van der Waals surface area contributed by atoms with Crippen LogP contribution in [0.1, 0.15) is 45.4 Å². The van der Waals surface area contributed by atoms with Gasteiger partial charge in [-0.25, -0.2) is 0 Å². The minimum atomic E-state index is 0.268. The Labute approximate surface area is 82.0 Å². The summed E-state index contributed by atoms with van der Waals surface area (Å²) in [5.74, 6) is 0. The first-order chi connectivity index (χ1) is 6.33. The van der Waals surface area contributed by atoms with Crippen molar-refractivity contribution < 1.29 is 0 Å². The zero-order valence-electron chi connectivity index (χ0n) is 8.68. The Morgan fingerprint density at radius 2 is 2.00 bits per heavy atom. The Bertz CT molecular complexity index is 210. The third-order valence-corrected chi connectivity index (χ3v) is 2.88. The molecule has 1 saturated carbocycles. The van der Waals surface area contributed by atoms with E-state index < -0.39 is 0 Å². The average Bonchev–Trinajstić information content (AvgIpc) is 2.20. The molecule has 0 nitrogen and oxygen atoms in total. The first kappa shape index (κ1) is 10.3. The third-order valence-electron chi connectivity index (χ3n) is 2.88. The summed E-state index contributed by atoms with van der Waals surface area (Å²) in [5, 5.41) is 0. The van der Waals surface area contributed by atoms with Crippen molar-refractivity contribution in [3.63, 3.8) is 0 Å². The Kier molecular flexibility index (Phi) is 4.05. The van der Waals surface area contributed by atoms with Gasteiger partial charge >= 0.3 is 0 Å². The van der Waals surface area contributed by atoms with Crippen LogP contribution in [0.5, 0.6) is 0 Å². The summed E-state index contributed by atoms with van der Waals surface area (Å²) in [6, 6.07) is 0. The van der Waals surface area contributed by atoms with Crippen LogP contribution in [0.25, 0.3) is 0 Å². The van der Waals surface area contributed by atoms with E-state index in [0.29, 0.717) is 0 Å². The van der Waals surface area contributed by atoms with E-state index in [-0.39, 0.29) is 5.41 Å². The molecule has 0 aliphatic heterocycles. The first-order valence-corrected chi connectivity index (χ1v) is 5.39. The van der Waals surface area contributed by atoms with Crippen molar-refractivity contribution in [1.29, 1.82) is 0 Å². The van der Waals surface area contributed by atoms with Gasteiger partial charge < -0.3 is 0 Å². The molecule has 0 atom stereocenters. The maximum Gasteiger partial charge on any atom is 0.0134 e. The van der Waals surface area contributed by atoms with E-state index in [9.17, 15) is 0 Å². The van der Waals surface area contributed by atoms with Crippen LogP contribution >= 0.6 is 0 Å². The maximum atomic E-state index is 3.95. The Morgan fingerprint density at radius 1 is 1.31 bits per heavy atom. The van der Waals surface area contributed by atoms with Gasteiger partial charge in [-0.2, -0.15) is 0 Å². The molecule has 0 bridgehead atoms. The molecule has 1 fully saturated rings. The normalized spacial score (nSPS) is 20.1. The summed E-state index contributed by atoms with van der Waals surface area (Å²) in [4.78, 5) is 0. The molecule has 0 heterocycles. The van der Waals surface area contributed by atoms with E-state index in [4.69, 9.17) is 0 Å². The molecule has 13 heavy (non-hydrogen) atoms. The fourth-order valence-corrected chi connectivity index (χ4v) is 1.96. The second-order valence-electron chi connectivity index (χ2n) is 3.92. The van der Waals surface area contributed by atoms with Gasteiger partial charge in [0.25, 0.3) is 0 Å². The van der Waals surface area contributed by atoms with Crippen LogP contribution in [0.3, 0.4) is 0 Å². The van der Waals surface area contributed by atoms with E-state index >= 15 is 0 Å². The number of hydrogen-bond acceptors (Lipinski definition) is 0. The van der Waals surface area contributed by atoms with Gasteiger partial charge in [0.1, 0.15) is 0 Å². The van der Waals surface area contributed by atoms with Gasteiger partial charge in [0, 0.05) is 5.41 Å². The monoisotopic (exact) mass is 176 g/mol. The van der Waals surface area contributed by atoms with E-state index in [2.05, 4.69) is 37.5 Å². The zero-order chi connectivity index (χ0) is 9.57. The molecule has 0 unspecified atom stereocenters. The highest BCUT2D eigenvalue weighted by Crippen LogP contribution is 2.38. The molecular weight excluding hydrogens is 156 g/mol. The lowest BCUT2D eigenvalue weighted by Gasteiger charge is -2.30. The van der Waals surface area contributed by atoms with Gasteiger partial charge in [-0.1, -0.05) is 32.3 Å². The highest BCUT2D eigenvalue weighted by Gasteiger charge is 2.25. The van der Waals surface area contributed by atoms with Crippen LogP contribution in [-0.4, -0.2) is 0 Å². The molecule has 0 saturated heterocycles. The molecule has 1 rings (SSSR count). The average molecular weight is 176 g/mol. The topological polar surface area (TPSA) is 0 Å².